The van der Waals surface area contributed by atoms with Gasteiger partial charge in [-0.05, 0) is 38.5 Å². The van der Waals surface area contributed by atoms with Crippen molar-refractivity contribution in [2.75, 3.05) is 13.2 Å². The number of aliphatic hydroxyl groups is 1. The van der Waals surface area contributed by atoms with E-state index in [0.29, 0.717) is 23.9 Å². The van der Waals surface area contributed by atoms with Crippen LogP contribution in [0.2, 0.25) is 5.02 Å². The number of aliphatic hydroxyl groups excluding tert-OH is 1. The Morgan fingerprint density at radius 3 is 2.65 bits per heavy atom. The molecular weight excluding hydrogens is 238 g/mol. The summed E-state index contributed by atoms with van der Waals surface area (Å²) in [4.78, 5) is 0. The molecule has 0 spiro atoms. The van der Waals surface area contributed by atoms with Crippen LogP contribution < -0.4 is 10.1 Å². The Bertz CT molecular complexity index is 366. The predicted octanol–water partition coefficient (Wildman–Crippen LogP) is 2.60. The van der Waals surface area contributed by atoms with Gasteiger partial charge in [-0.25, -0.2) is 0 Å². The first-order valence-electron chi connectivity index (χ1n) is 5.75. The molecule has 96 valence electrons. The first-order valence-corrected chi connectivity index (χ1v) is 6.13. The number of hydrogen-bond acceptors (Lipinski definition) is 3. The summed E-state index contributed by atoms with van der Waals surface area (Å²) in [6, 6.07) is 5.72. The molecule has 0 radical (unpaired) electrons. The van der Waals surface area contributed by atoms with E-state index in [1.54, 1.807) is 0 Å². The molecule has 0 unspecified atom stereocenters. The standard InChI is InChI=1S/C13H20ClNO2/c1-4-17-12-6-5-10(7-11(12)14)8-15-13(2,3)9-16/h5-7,15-16H,4,8-9H2,1-3H3. The molecule has 0 saturated carbocycles. The van der Waals surface area contributed by atoms with Crippen LogP contribution >= 0.6 is 11.6 Å². The van der Waals surface area contributed by atoms with E-state index in [9.17, 15) is 0 Å². The van der Waals surface area contributed by atoms with Gasteiger partial charge in [0.2, 0.25) is 0 Å². The minimum Gasteiger partial charge on any atom is -0.492 e. The van der Waals surface area contributed by atoms with Crippen molar-refractivity contribution in [1.29, 1.82) is 0 Å². The summed E-state index contributed by atoms with van der Waals surface area (Å²) in [6.45, 7) is 7.19. The first-order chi connectivity index (χ1) is 7.98. The number of benzene rings is 1. The average Bonchev–Trinajstić information content (AvgIpc) is 2.30. The highest BCUT2D eigenvalue weighted by Crippen LogP contribution is 2.25. The third-order valence-corrected chi connectivity index (χ3v) is 2.76. The zero-order valence-electron chi connectivity index (χ0n) is 10.6. The number of ether oxygens (including phenoxy) is 1. The van der Waals surface area contributed by atoms with E-state index in [2.05, 4.69) is 5.32 Å². The summed E-state index contributed by atoms with van der Waals surface area (Å²) < 4.78 is 5.37. The number of halogens is 1. The zero-order chi connectivity index (χ0) is 12.9. The van der Waals surface area contributed by atoms with Gasteiger partial charge in [0.15, 0.2) is 0 Å². The molecule has 0 aliphatic carbocycles. The first kappa shape index (κ1) is 14.3. The maximum absolute atomic E-state index is 9.13. The fourth-order valence-corrected chi connectivity index (χ4v) is 1.58. The van der Waals surface area contributed by atoms with Crippen molar-refractivity contribution < 1.29 is 9.84 Å². The van der Waals surface area contributed by atoms with E-state index < -0.39 is 0 Å². The smallest absolute Gasteiger partial charge is 0.137 e. The number of nitrogens with one attached hydrogen (secondary N) is 1. The highest BCUT2D eigenvalue weighted by atomic mass is 35.5. The van der Waals surface area contributed by atoms with Crippen molar-refractivity contribution in [2.24, 2.45) is 0 Å². The molecule has 17 heavy (non-hydrogen) atoms. The Morgan fingerprint density at radius 1 is 1.41 bits per heavy atom. The number of rotatable bonds is 6. The van der Waals surface area contributed by atoms with Gasteiger partial charge in [-0.3, -0.25) is 0 Å². The van der Waals surface area contributed by atoms with Gasteiger partial charge in [0.05, 0.1) is 18.2 Å². The lowest BCUT2D eigenvalue weighted by molar-refractivity contribution is 0.187. The molecule has 0 aromatic heterocycles. The minimum absolute atomic E-state index is 0.0950. The summed E-state index contributed by atoms with van der Waals surface area (Å²) >= 11 is 6.09. The van der Waals surface area contributed by atoms with Gasteiger partial charge in [0.1, 0.15) is 5.75 Å². The molecule has 0 aliphatic rings. The lowest BCUT2D eigenvalue weighted by Gasteiger charge is -2.23. The average molecular weight is 258 g/mol. The van der Waals surface area contributed by atoms with Crippen molar-refractivity contribution in [3.05, 3.63) is 28.8 Å². The zero-order valence-corrected chi connectivity index (χ0v) is 11.3. The maximum atomic E-state index is 9.13. The second-order valence-corrected chi connectivity index (χ2v) is 5.00. The van der Waals surface area contributed by atoms with E-state index in [1.165, 1.54) is 0 Å². The molecule has 0 saturated heterocycles. The van der Waals surface area contributed by atoms with Crippen LogP contribution in [0.25, 0.3) is 0 Å². The normalized spacial score (nSPS) is 11.6. The third kappa shape index (κ3) is 4.54. The molecule has 1 rings (SSSR count). The molecule has 3 nitrogen and oxygen atoms in total. The number of hydrogen-bond donors (Lipinski definition) is 2. The summed E-state index contributed by atoms with van der Waals surface area (Å²) in [6.07, 6.45) is 0. The Hall–Kier alpha value is -0.770. The summed E-state index contributed by atoms with van der Waals surface area (Å²) in [5, 5.41) is 13.0. The molecule has 0 atom stereocenters. The van der Waals surface area contributed by atoms with Crippen LogP contribution in [0.5, 0.6) is 5.75 Å². The van der Waals surface area contributed by atoms with Crippen LogP contribution in [-0.2, 0) is 6.54 Å². The van der Waals surface area contributed by atoms with Crippen LogP contribution in [0.4, 0.5) is 0 Å². The molecule has 1 aromatic rings. The van der Waals surface area contributed by atoms with Gasteiger partial charge in [-0.1, -0.05) is 17.7 Å². The summed E-state index contributed by atoms with van der Waals surface area (Å²) in [7, 11) is 0. The van der Waals surface area contributed by atoms with Gasteiger partial charge in [0, 0.05) is 12.1 Å². The van der Waals surface area contributed by atoms with Crippen LogP contribution in [0.1, 0.15) is 26.3 Å². The van der Waals surface area contributed by atoms with E-state index in [-0.39, 0.29) is 12.1 Å². The van der Waals surface area contributed by atoms with E-state index in [0.717, 1.165) is 5.56 Å². The molecular formula is C13H20ClNO2. The minimum atomic E-state index is -0.287. The van der Waals surface area contributed by atoms with Gasteiger partial charge in [-0.15, -0.1) is 0 Å². The van der Waals surface area contributed by atoms with Crippen molar-refractivity contribution in [2.45, 2.75) is 32.9 Å². The third-order valence-electron chi connectivity index (χ3n) is 2.46. The lowest BCUT2D eigenvalue weighted by atomic mass is 10.1. The van der Waals surface area contributed by atoms with E-state index in [4.69, 9.17) is 21.4 Å². The topological polar surface area (TPSA) is 41.5 Å². The fraction of sp³-hybridized carbons (Fsp3) is 0.538. The van der Waals surface area contributed by atoms with Crippen molar-refractivity contribution in [1.82, 2.24) is 5.32 Å². The molecule has 4 heteroatoms. The van der Waals surface area contributed by atoms with Crippen molar-refractivity contribution >= 4 is 11.6 Å². The Kier molecular flexibility index (Phi) is 5.25. The van der Waals surface area contributed by atoms with E-state index >= 15 is 0 Å². The Labute approximate surface area is 108 Å². The van der Waals surface area contributed by atoms with Crippen LogP contribution in [-0.4, -0.2) is 23.9 Å². The van der Waals surface area contributed by atoms with Gasteiger partial charge < -0.3 is 15.2 Å². The largest absolute Gasteiger partial charge is 0.492 e. The molecule has 0 bridgehead atoms. The molecule has 0 aliphatic heterocycles. The second kappa shape index (κ2) is 6.24. The summed E-state index contributed by atoms with van der Waals surface area (Å²) in [5.41, 5.74) is 0.783. The lowest BCUT2D eigenvalue weighted by Crippen LogP contribution is -2.42. The quantitative estimate of drug-likeness (QED) is 0.823. The van der Waals surface area contributed by atoms with Crippen LogP contribution in [0.15, 0.2) is 18.2 Å². The van der Waals surface area contributed by atoms with Crippen molar-refractivity contribution in [3.8, 4) is 5.75 Å². The maximum Gasteiger partial charge on any atom is 0.137 e. The van der Waals surface area contributed by atoms with Gasteiger partial charge >= 0.3 is 0 Å². The highest BCUT2D eigenvalue weighted by molar-refractivity contribution is 6.32. The Morgan fingerprint density at radius 2 is 2.12 bits per heavy atom. The molecule has 1 aromatic carbocycles. The van der Waals surface area contributed by atoms with Crippen molar-refractivity contribution in [3.63, 3.8) is 0 Å². The van der Waals surface area contributed by atoms with Crippen LogP contribution in [0.3, 0.4) is 0 Å². The second-order valence-electron chi connectivity index (χ2n) is 4.59. The van der Waals surface area contributed by atoms with E-state index in [1.807, 2.05) is 39.0 Å². The SMILES string of the molecule is CCOc1ccc(CNC(C)(C)CO)cc1Cl. The van der Waals surface area contributed by atoms with Crippen LogP contribution in [0, 0.1) is 0 Å². The summed E-state index contributed by atoms with van der Waals surface area (Å²) in [5.74, 6) is 0.708. The monoisotopic (exact) mass is 257 g/mol. The molecule has 2 N–H and O–H groups in total. The molecule has 0 fully saturated rings. The Balaban J connectivity index is 2.64. The van der Waals surface area contributed by atoms with Gasteiger partial charge in [0.25, 0.3) is 0 Å². The molecule has 0 heterocycles. The van der Waals surface area contributed by atoms with Gasteiger partial charge in [-0.2, -0.15) is 0 Å². The fourth-order valence-electron chi connectivity index (χ4n) is 1.32. The molecule has 0 amide bonds. The highest BCUT2D eigenvalue weighted by Gasteiger charge is 2.15. The predicted molar refractivity (Wildman–Crippen MR) is 70.6 cm³/mol.